The molecule has 1 rings (SSSR count). The van der Waals surface area contributed by atoms with Crippen molar-refractivity contribution in [1.82, 2.24) is 4.73 Å². The van der Waals surface area contributed by atoms with E-state index in [1.165, 1.54) is 12.5 Å². The lowest BCUT2D eigenvalue weighted by atomic mass is 10.9. The molecule has 0 saturated carbocycles. The van der Waals surface area contributed by atoms with Gasteiger partial charge in [0.2, 0.25) is 0 Å². The summed E-state index contributed by atoms with van der Waals surface area (Å²) in [7, 11) is 1.80. The zero-order chi connectivity index (χ0) is 5.28. The van der Waals surface area contributed by atoms with Crippen LogP contribution in [-0.4, -0.2) is 4.73 Å². The van der Waals surface area contributed by atoms with E-state index in [-0.39, 0.29) is 0 Å². The molecule has 1 aromatic rings. The number of nitrogens with zero attached hydrogens (tertiary/aromatic N) is 2. The Morgan fingerprint density at radius 1 is 1.71 bits per heavy atom. The van der Waals surface area contributed by atoms with Crippen LogP contribution in [0.2, 0.25) is 0 Å². The van der Waals surface area contributed by atoms with Gasteiger partial charge in [0, 0.05) is 4.73 Å². The summed E-state index contributed by atoms with van der Waals surface area (Å²) in [6.45, 7) is 0. The van der Waals surface area contributed by atoms with Crippen LogP contribution in [0.25, 0.3) is 0 Å². The lowest BCUT2D eigenvalue weighted by molar-refractivity contribution is -0.672. The van der Waals surface area contributed by atoms with Crippen molar-refractivity contribution in [2.75, 3.05) is 0 Å². The zero-order valence-corrected chi connectivity index (χ0v) is 4.03. The van der Waals surface area contributed by atoms with E-state index < -0.39 is 0 Å². The van der Waals surface area contributed by atoms with Crippen LogP contribution in [0.1, 0.15) is 0 Å². The van der Waals surface area contributed by atoms with Crippen LogP contribution in [0.15, 0.2) is 18.7 Å². The van der Waals surface area contributed by atoms with Crippen LogP contribution in [0, 0.1) is 0 Å². The Hall–Kier alpha value is -0.990. The summed E-state index contributed by atoms with van der Waals surface area (Å²) in [5, 5.41) is 10.2. The van der Waals surface area contributed by atoms with Crippen LogP contribution in [0.5, 0.6) is 0 Å². The first-order chi connectivity index (χ1) is 3.29. The van der Waals surface area contributed by atoms with E-state index in [2.05, 4.69) is 0 Å². The maximum absolute atomic E-state index is 10.2. The lowest BCUT2D eigenvalue weighted by Crippen LogP contribution is -2.23. The summed E-state index contributed by atoms with van der Waals surface area (Å²) in [4.78, 5) is 0. The fourth-order valence-corrected chi connectivity index (χ4v) is 0.427. The minimum Gasteiger partial charge on any atom is -0.236 e. The Balaban J connectivity index is 3.04. The molecule has 0 bridgehead atoms. The van der Waals surface area contributed by atoms with Crippen molar-refractivity contribution in [3.8, 4) is 0 Å². The summed E-state index contributed by atoms with van der Waals surface area (Å²) in [6, 6.07) is 0. The Bertz CT molecular complexity index is 142. The second kappa shape index (κ2) is 1.26. The molecule has 1 radical (unpaired) electrons. The van der Waals surface area contributed by atoms with Gasteiger partial charge >= 0.3 is 0 Å². The molecule has 0 aliphatic rings. The molecule has 7 heavy (non-hydrogen) atoms. The molecule has 3 nitrogen and oxygen atoms in total. The van der Waals surface area contributed by atoms with Gasteiger partial charge in [0.1, 0.15) is 6.20 Å². The van der Waals surface area contributed by atoms with E-state index in [0.717, 1.165) is 4.73 Å². The zero-order valence-electron chi connectivity index (χ0n) is 4.03. The van der Waals surface area contributed by atoms with Gasteiger partial charge in [0.15, 0.2) is 6.20 Å². The molecule has 0 N–H and O–H groups in total. The molecule has 1 aromatic heterocycles. The van der Waals surface area contributed by atoms with Crippen LogP contribution in [0.3, 0.4) is 0 Å². The third-order valence-electron chi connectivity index (χ3n) is 0.745. The van der Waals surface area contributed by atoms with E-state index in [0.29, 0.717) is 0 Å². The summed E-state index contributed by atoms with van der Waals surface area (Å²) >= 11 is 0. The summed E-state index contributed by atoms with van der Waals surface area (Å²) < 4.78 is 2.44. The number of aryl methyl sites for hydroxylation is 1. The van der Waals surface area contributed by atoms with Crippen molar-refractivity contribution in [2.45, 2.75) is 0 Å². The molecular formula is C4H6N2O+. The minimum atomic E-state index is 0.750. The quantitative estimate of drug-likeness (QED) is 0.392. The number of hydrogen-bond donors (Lipinski definition) is 0. The van der Waals surface area contributed by atoms with Gasteiger partial charge in [-0.05, 0) is 0 Å². The molecule has 0 aliphatic heterocycles. The van der Waals surface area contributed by atoms with Gasteiger partial charge in [0.25, 0.3) is 6.33 Å². The molecule has 0 saturated heterocycles. The predicted octanol–water partition coefficient (Wildman–Crippen LogP) is -0.494. The van der Waals surface area contributed by atoms with Gasteiger partial charge in [-0.3, -0.25) is 0 Å². The van der Waals surface area contributed by atoms with Gasteiger partial charge in [-0.15, -0.1) is 0 Å². The highest BCUT2D eigenvalue weighted by molar-refractivity contribution is 4.57. The van der Waals surface area contributed by atoms with Crippen LogP contribution >= 0.6 is 0 Å². The van der Waals surface area contributed by atoms with Crippen molar-refractivity contribution < 1.29 is 9.77 Å². The topological polar surface area (TPSA) is 28.7 Å². The molecule has 0 amide bonds. The second-order valence-electron chi connectivity index (χ2n) is 1.44. The number of imidazole rings is 1. The van der Waals surface area contributed by atoms with Crippen molar-refractivity contribution in [3.63, 3.8) is 0 Å². The number of rotatable bonds is 0. The van der Waals surface area contributed by atoms with E-state index >= 15 is 0 Å². The van der Waals surface area contributed by atoms with Crippen LogP contribution in [0.4, 0.5) is 0 Å². The van der Waals surface area contributed by atoms with Crippen molar-refractivity contribution >= 4 is 0 Å². The highest BCUT2D eigenvalue weighted by atomic mass is 16.5. The fraction of sp³-hybridized carbons (Fsp3) is 0.250. The SMILES string of the molecule is C[n+]1ccn([O])c1. The minimum absolute atomic E-state index is 0.750. The molecule has 3 heteroatoms. The van der Waals surface area contributed by atoms with E-state index in [9.17, 15) is 5.21 Å². The smallest absolute Gasteiger partial charge is 0.236 e. The first-order valence-corrected chi connectivity index (χ1v) is 2.00. The predicted molar refractivity (Wildman–Crippen MR) is 21.7 cm³/mol. The highest BCUT2D eigenvalue weighted by Crippen LogP contribution is 1.71. The van der Waals surface area contributed by atoms with Crippen molar-refractivity contribution in [1.29, 1.82) is 0 Å². The molecule has 0 spiro atoms. The molecule has 1 heterocycles. The maximum Gasteiger partial charge on any atom is 0.289 e. The lowest BCUT2D eigenvalue weighted by Gasteiger charge is -1.67. The maximum atomic E-state index is 10.2. The summed E-state index contributed by atoms with van der Waals surface area (Å²) in [6.07, 6.45) is 4.58. The molecule has 0 aliphatic carbocycles. The standard InChI is InChI=1S/C4H6N2O/c1-5-2-3-6(7)4-5/h2-4H,1H3/q+1. The monoisotopic (exact) mass is 98.0 g/mol. The summed E-state index contributed by atoms with van der Waals surface area (Å²) in [5.74, 6) is 0. The molecule has 37 valence electrons. The molecule has 0 unspecified atom stereocenters. The molecular weight excluding hydrogens is 92.1 g/mol. The Labute approximate surface area is 41.4 Å². The van der Waals surface area contributed by atoms with Crippen molar-refractivity contribution in [3.05, 3.63) is 18.7 Å². The normalized spacial score (nSPS) is 9.29. The van der Waals surface area contributed by atoms with Gasteiger partial charge in [-0.2, -0.15) is 0 Å². The molecule has 0 fully saturated rings. The largest absolute Gasteiger partial charge is 0.289 e. The van der Waals surface area contributed by atoms with E-state index in [1.807, 2.05) is 0 Å². The molecule has 0 aromatic carbocycles. The first-order valence-electron chi connectivity index (χ1n) is 2.00. The second-order valence-corrected chi connectivity index (χ2v) is 1.44. The Morgan fingerprint density at radius 2 is 2.43 bits per heavy atom. The Kier molecular flexibility index (Phi) is 0.749. The van der Waals surface area contributed by atoms with Gasteiger partial charge in [-0.1, -0.05) is 5.21 Å². The molecule has 0 atom stereocenters. The van der Waals surface area contributed by atoms with E-state index in [1.54, 1.807) is 17.8 Å². The Morgan fingerprint density at radius 3 is 2.57 bits per heavy atom. The third-order valence-corrected chi connectivity index (χ3v) is 0.745. The third kappa shape index (κ3) is 0.707. The van der Waals surface area contributed by atoms with Gasteiger partial charge in [-0.25, -0.2) is 4.57 Å². The van der Waals surface area contributed by atoms with Crippen LogP contribution < -0.4 is 4.57 Å². The number of hydrogen-bond acceptors (Lipinski definition) is 0. The van der Waals surface area contributed by atoms with Crippen molar-refractivity contribution in [2.24, 2.45) is 7.05 Å². The summed E-state index contributed by atoms with van der Waals surface area (Å²) in [5.41, 5.74) is 0. The van der Waals surface area contributed by atoms with Gasteiger partial charge in [0.05, 0.1) is 7.05 Å². The van der Waals surface area contributed by atoms with Gasteiger partial charge < -0.3 is 0 Å². The first kappa shape index (κ1) is 4.18. The van der Waals surface area contributed by atoms with Crippen LogP contribution in [-0.2, 0) is 12.3 Å². The fourth-order valence-electron chi connectivity index (χ4n) is 0.427. The number of aromatic nitrogens is 2. The average Bonchev–Trinajstić information content (AvgIpc) is 1.87. The van der Waals surface area contributed by atoms with E-state index in [4.69, 9.17) is 0 Å². The highest BCUT2D eigenvalue weighted by Gasteiger charge is 1.93. The average molecular weight is 98.1 g/mol.